The lowest BCUT2D eigenvalue weighted by Gasteiger charge is -2.76. The van der Waals surface area contributed by atoms with Crippen LogP contribution in [-0.4, -0.2) is 87.0 Å². The maximum absolute atomic E-state index is 13.9. The van der Waals surface area contributed by atoms with Gasteiger partial charge in [-0.1, -0.05) is 72.6 Å². The minimum atomic E-state index is -2.05. The van der Waals surface area contributed by atoms with E-state index in [1.807, 2.05) is 13.8 Å². The second kappa shape index (κ2) is 10.5. The summed E-state index contributed by atoms with van der Waals surface area (Å²) in [6.07, 6.45) is 10.1. The van der Waals surface area contributed by atoms with Crippen LogP contribution in [0.3, 0.4) is 0 Å². The molecule has 8 bridgehead atoms. The number of ether oxygens (including phenoxy) is 4. The maximum Gasteiger partial charge on any atom is 0.213 e. The van der Waals surface area contributed by atoms with Crippen molar-refractivity contribution < 1.29 is 49.0 Å². The molecule has 5 saturated heterocycles. The third kappa shape index (κ3) is 3.58. The van der Waals surface area contributed by atoms with Gasteiger partial charge in [-0.2, -0.15) is 0 Å². The van der Waals surface area contributed by atoms with E-state index in [0.29, 0.717) is 24.2 Å². The van der Waals surface area contributed by atoms with E-state index in [4.69, 9.17) is 18.9 Å². The highest BCUT2D eigenvalue weighted by Crippen LogP contribution is 2.79. The lowest BCUT2D eigenvalue weighted by atomic mass is 9.37. The molecule has 13 rings (SSSR count). The molecule has 5 aliphatic heterocycles. The third-order valence-electron chi connectivity index (χ3n) is 17.3. The Kier molecular flexibility index (Phi) is 7.32. The van der Waals surface area contributed by atoms with Crippen LogP contribution in [-0.2, 0) is 28.5 Å². The van der Waals surface area contributed by atoms with Gasteiger partial charge in [-0.3, -0.25) is 9.59 Å². The summed E-state index contributed by atoms with van der Waals surface area (Å²) in [5, 5.41) is 45.8. The number of ketones is 2. The minimum absolute atomic E-state index is 0. The first-order chi connectivity index (χ1) is 24.7. The van der Waals surface area contributed by atoms with Crippen LogP contribution in [0.1, 0.15) is 87.5 Å². The van der Waals surface area contributed by atoms with E-state index in [-0.39, 0.29) is 83.5 Å². The molecule has 0 radical (unpaired) electrons. The SMILES string of the molecule is C.C=C1C(=O)[C@@]23[C@@H]4OC(C)(C)O[C@@]25OC[C@]2(C=CCC(C)(C)[C@H]2[C@@H]5O)[C@@H]3CC[C@@H]14.C=C1C(=O)[C@]23[C@H](O)[C@H]1CC[C@H]2[C@]12C=CCC(C)(C)[C@H]1[C@H](O)[C@]3(O)OC2. The number of carbonyl (C=O) groups excluding carboxylic acids is 2. The zero-order chi connectivity index (χ0) is 37.9. The highest BCUT2D eigenvalue weighted by atomic mass is 16.8. The van der Waals surface area contributed by atoms with Crippen molar-refractivity contribution in [1.82, 2.24) is 0 Å². The Morgan fingerprint density at radius 3 is 1.80 bits per heavy atom. The van der Waals surface area contributed by atoms with Crippen molar-refractivity contribution >= 4 is 11.6 Å². The quantitative estimate of drug-likeness (QED) is 0.201. The van der Waals surface area contributed by atoms with E-state index >= 15 is 0 Å². The summed E-state index contributed by atoms with van der Waals surface area (Å²) >= 11 is 0. The van der Waals surface area contributed by atoms with Gasteiger partial charge in [-0.25, -0.2) is 0 Å². The Morgan fingerprint density at radius 1 is 0.685 bits per heavy atom. The Labute approximate surface area is 319 Å². The molecule has 5 spiro atoms. The average molecular weight is 749 g/mol. The molecule has 0 amide bonds. The largest absolute Gasteiger partial charge is 0.391 e. The summed E-state index contributed by atoms with van der Waals surface area (Å²) in [6, 6.07) is 0. The van der Waals surface area contributed by atoms with Crippen LogP contribution in [0, 0.1) is 68.0 Å². The number of carbonyl (C=O) groups is 2. The van der Waals surface area contributed by atoms with Crippen molar-refractivity contribution in [3.05, 3.63) is 48.6 Å². The van der Waals surface area contributed by atoms with Crippen molar-refractivity contribution in [3.63, 3.8) is 0 Å². The number of hydrogen-bond donors (Lipinski definition) is 4. The molecule has 8 aliphatic carbocycles. The van der Waals surface area contributed by atoms with Crippen LogP contribution in [0.4, 0.5) is 0 Å². The van der Waals surface area contributed by atoms with E-state index < -0.39 is 51.9 Å². The molecule has 5 heterocycles. The molecule has 16 atom stereocenters. The fourth-order valence-electron chi connectivity index (χ4n) is 15.8. The minimum Gasteiger partial charge on any atom is -0.391 e. The molecule has 6 saturated carbocycles. The topological polar surface area (TPSA) is 152 Å². The summed E-state index contributed by atoms with van der Waals surface area (Å²) < 4.78 is 25.3. The predicted molar refractivity (Wildman–Crippen MR) is 197 cm³/mol. The smallest absolute Gasteiger partial charge is 0.213 e. The van der Waals surface area contributed by atoms with Crippen LogP contribution in [0.15, 0.2) is 48.6 Å². The Bertz CT molecular complexity index is 1830. The molecule has 0 aromatic carbocycles. The maximum atomic E-state index is 13.9. The molecule has 10 nitrogen and oxygen atoms in total. The van der Waals surface area contributed by atoms with Crippen LogP contribution < -0.4 is 0 Å². The molecule has 0 aromatic rings. The Balaban J connectivity index is 0.000000141. The van der Waals surface area contributed by atoms with E-state index in [9.17, 15) is 30.0 Å². The van der Waals surface area contributed by atoms with Crippen molar-refractivity contribution in [1.29, 1.82) is 0 Å². The number of Topliss-reactive ketones (excluding diaryl/α,β-unsaturated/α-hetero) is 2. The van der Waals surface area contributed by atoms with Crippen molar-refractivity contribution in [2.75, 3.05) is 13.2 Å². The molecular weight excluding hydrogens is 688 g/mol. The van der Waals surface area contributed by atoms with Crippen LogP contribution in [0.2, 0.25) is 0 Å². The normalized spacial score (nSPS) is 56.6. The van der Waals surface area contributed by atoms with E-state index in [1.54, 1.807) is 0 Å². The van der Waals surface area contributed by atoms with Crippen LogP contribution >= 0.6 is 0 Å². The van der Waals surface area contributed by atoms with Gasteiger partial charge in [0.2, 0.25) is 11.6 Å². The fraction of sp³-hybridized carbons (Fsp3) is 0.773. The average Bonchev–Trinajstić information content (AvgIpc) is 3.25. The summed E-state index contributed by atoms with van der Waals surface area (Å²) in [7, 11) is 0. The molecule has 0 aromatic heterocycles. The van der Waals surface area contributed by atoms with Gasteiger partial charge in [0.25, 0.3) is 0 Å². The monoisotopic (exact) mass is 748 g/mol. The van der Waals surface area contributed by atoms with Crippen molar-refractivity contribution in [2.24, 2.45) is 68.0 Å². The first kappa shape index (κ1) is 37.6. The number of fused-ring (bicyclic) bond motifs is 3. The molecular formula is C44H60O10. The number of hydrogen-bond acceptors (Lipinski definition) is 10. The molecule has 4 N–H and O–H groups in total. The molecule has 13 aliphatic rings. The van der Waals surface area contributed by atoms with Gasteiger partial charge in [-0.05, 0) is 86.2 Å². The van der Waals surface area contributed by atoms with Gasteiger partial charge in [0.05, 0.1) is 25.4 Å². The summed E-state index contributed by atoms with van der Waals surface area (Å²) in [5.74, 6) is -5.51. The highest BCUT2D eigenvalue weighted by molar-refractivity contribution is 6.06. The highest BCUT2D eigenvalue weighted by Gasteiger charge is 2.89. The molecule has 10 heteroatoms. The van der Waals surface area contributed by atoms with Gasteiger partial charge in [0.1, 0.15) is 23.0 Å². The zero-order valence-corrected chi connectivity index (χ0v) is 31.9. The number of rotatable bonds is 0. The first-order valence-corrected chi connectivity index (χ1v) is 19.9. The predicted octanol–water partition coefficient (Wildman–Crippen LogP) is 4.80. The third-order valence-corrected chi connectivity index (χ3v) is 17.3. The standard InChI is InChI=1S/C23H30O5.C20H26O5.CH4/c1-12-13-7-8-14-21-10-6-9-19(2,3)15(21)17(25)23(26-11-21)22(14,16(12)24)18(13)27-20(4,5)28-23;1-10-11-5-6-12-18-8-4-7-17(2,3)13(18)16(23)20(24,25-9-18)19(12,14(10)21)15(11)22;/h6,10,13-15,17-18,25H,1,7-9,11H2,2-5H3;4,8,11-13,15-16,22-24H,1,5-7,9H2,2-3H3;1H4/t13-,14-,15+,17-,18+,21+,22-,23+;11-,12-,13+,15+,16-,18+,19-,20-;/m00./s1. The number of aliphatic hydroxyl groups is 4. The first-order valence-electron chi connectivity index (χ1n) is 19.9. The van der Waals surface area contributed by atoms with Gasteiger partial charge in [-0.15, -0.1) is 0 Å². The van der Waals surface area contributed by atoms with Gasteiger partial charge in [0.15, 0.2) is 17.4 Å². The zero-order valence-electron chi connectivity index (χ0n) is 31.9. The van der Waals surface area contributed by atoms with Gasteiger partial charge < -0.3 is 39.4 Å². The summed E-state index contributed by atoms with van der Waals surface area (Å²) in [6.45, 7) is 21.2. The molecule has 0 unspecified atom stereocenters. The second-order valence-electron chi connectivity index (χ2n) is 20.6. The molecule has 11 fully saturated rings. The summed E-state index contributed by atoms with van der Waals surface area (Å²) in [5.41, 5.74) is -2.76. The Hall–Kier alpha value is -2.02. The number of aliphatic hydroxyl groups excluding tert-OH is 3. The van der Waals surface area contributed by atoms with E-state index in [0.717, 1.165) is 32.1 Å². The second-order valence-corrected chi connectivity index (χ2v) is 20.6. The van der Waals surface area contributed by atoms with Crippen molar-refractivity contribution in [3.8, 4) is 0 Å². The van der Waals surface area contributed by atoms with E-state index in [1.165, 1.54) is 0 Å². The van der Waals surface area contributed by atoms with Crippen LogP contribution in [0.5, 0.6) is 0 Å². The van der Waals surface area contributed by atoms with E-state index in [2.05, 4.69) is 65.2 Å². The lowest BCUT2D eigenvalue weighted by Crippen LogP contribution is -2.86. The summed E-state index contributed by atoms with van der Waals surface area (Å²) in [4.78, 5) is 27.1. The fourth-order valence-corrected chi connectivity index (χ4v) is 15.8. The van der Waals surface area contributed by atoms with Gasteiger partial charge >= 0.3 is 0 Å². The van der Waals surface area contributed by atoms with Crippen LogP contribution in [0.25, 0.3) is 0 Å². The number of allylic oxidation sites excluding steroid dienone is 2. The van der Waals surface area contributed by atoms with Gasteiger partial charge in [0, 0.05) is 34.5 Å². The van der Waals surface area contributed by atoms with Crippen molar-refractivity contribution in [2.45, 2.75) is 129 Å². The lowest BCUT2D eigenvalue weighted by molar-refractivity contribution is -0.523. The Morgan fingerprint density at radius 2 is 1.19 bits per heavy atom. The molecule has 296 valence electrons. The molecule has 54 heavy (non-hydrogen) atoms.